The first-order valence-corrected chi connectivity index (χ1v) is 5.29. The van der Waals surface area contributed by atoms with Gasteiger partial charge in [-0.3, -0.25) is 4.79 Å². The highest BCUT2D eigenvalue weighted by Crippen LogP contribution is 2.32. The van der Waals surface area contributed by atoms with Crippen LogP contribution in [0.3, 0.4) is 0 Å². The number of halogens is 4. The molecule has 0 aliphatic carbocycles. The molecular weight excluding hydrogens is 264 g/mol. The molecule has 19 heavy (non-hydrogen) atoms. The second kappa shape index (κ2) is 5.83. The molecule has 3 nitrogen and oxygen atoms in total. The molecule has 104 valence electrons. The van der Waals surface area contributed by atoms with Crippen molar-refractivity contribution in [3.05, 3.63) is 42.2 Å². The Labute approximate surface area is 107 Å². The Hall–Kier alpha value is -1.89. The quantitative estimate of drug-likeness (QED) is 0.656. The highest BCUT2D eigenvalue weighted by molar-refractivity contribution is 5.94. The lowest BCUT2D eigenvalue weighted by molar-refractivity contribution is -0.140. The number of carbonyl (C=O) groups excluding carboxylic acids is 1. The van der Waals surface area contributed by atoms with Crippen LogP contribution < -0.4 is 11.1 Å². The van der Waals surface area contributed by atoms with Gasteiger partial charge in [0.05, 0.1) is 11.6 Å². The standard InChI is InChI=1S/C12H12F4N2O/c1-2-3-10(17)11(19)18-7-4-5-9(13)8(6-7)12(14,15)16/h2,4-6,10H,1,3,17H2,(H,18,19). The second-order valence-electron chi connectivity index (χ2n) is 3.81. The summed E-state index contributed by atoms with van der Waals surface area (Å²) in [5, 5.41) is 2.19. The largest absolute Gasteiger partial charge is 0.419 e. The third-order valence-electron chi connectivity index (χ3n) is 2.30. The zero-order valence-electron chi connectivity index (χ0n) is 9.80. The van der Waals surface area contributed by atoms with Crippen LogP contribution in [0.15, 0.2) is 30.9 Å². The van der Waals surface area contributed by atoms with Gasteiger partial charge in [0.1, 0.15) is 5.82 Å². The van der Waals surface area contributed by atoms with Crippen LogP contribution in [0.2, 0.25) is 0 Å². The number of nitrogens with one attached hydrogen (secondary N) is 1. The summed E-state index contributed by atoms with van der Waals surface area (Å²) in [6.45, 7) is 3.39. The molecule has 0 heterocycles. The van der Waals surface area contributed by atoms with Gasteiger partial charge in [0.2, 0.25) is 5.91 Å². The van der Waals surface area contributed by atoms with Crippen LogP contribution in [0.1, 0.15) is 12.0 Å². The zero-order chi connectivity index (χ0) is 14.6. The Morgan fingerprint density at radius 2 is 2.11 bits per heavy atom. The van der Waals surface area contributed by atoms with E-state index < -0.39 is 29.5 Å². The average Bonchev–Trinajstić information content (AvgIpc) is 2.30. The third-order valence-corrected chi connectivity index (χ3v) is 2.30. The van der Waals surface area contributed by atoms with Gasteiger partial charge < -0.3 is 11.1 Å². The van der Waals surface area contributed by atoms with E-state index in [9.17, 15) is 22.4 Å². The first-order chi connectivity index (χ1) is 8.75. The molecule has 0 spiro atoms. The number of hydrogen-bond donors (Lipinski definition) is 2. The van der Waals surface area contributed by atoms with Gasteiger partial charge in [-0.05, 0) is 24.6 Å². The molecule has 0 aliphatic heterocycles. The minimum absolute atomic E-state index is 0.168. The van der Waals surface area contributed by atoms with Crippen molar-refractivity contribution in [1.82, 2.24) is 0 Å². The first-order valence-electron chi connectivity index (χ1n) is 5.29. The molecule has 0 fully saturated rings. The van der Waals surface area contributed by atoms with E-state index in [1.54, 1.807) is 0 Å². The summed E-state index contributed by atoms with van der Waals surface area (Å²) in [6.07, 6.45) is -3.23. The maximum atomic E-state index is 13.0. The smallest absolute Gasteiger partial charge is 0.325 e. The van der Waals surface area contributed by atoms with Gasteiger partial charge in [0.15, 0.2) is 0 Å². The van der Waals surface area contributed by atoms with Crippen molar-refractivity contribution in [2.24, 2.45) is 5.73 Å². The van der Waals surface area contributed by atoms with Gasteiger partial charge in [-0.1, -0.05) is 6.08 Å². The van der Waals surface area contributed by atoms with Gasteiger partial charge in [-0.25, -0.2) is 4.39 Å². The van der Waals surface area contributed by atoms with Gasteiger partial charge in [0, 0.05) is 5.69 Å². The Morgan fingerprint density at radius 3 is 2.63 bits per heavy atom. The molecule has 0 saturated carbocycles. The number of benzene rings is 1. The minimum Gasteiger partial charge on any atom is -0.325 e. The molecule has 0 radical (unpaired) electrons. The van der Waals surface area contributed by atoms with Crippen LogP contribution in [0.5, 0.6) is 0 Å². The van der Waals surface area contributed by atoms with Gasteiger partial charge in [0.25, 0.3) is 0 Å². The van der Waals surface area contributed by atoms with E-state index in [0.717, 1.165) is 6.07 Å². The highest BCUT2D eigenvalue weighted by Gasteiger charge is 2.34. The van der Waals surface area contributed by atoms with Crippen LogP contribution in [0, 0.1) is 5.82 Å². The summed E-state index contributed by atoms with van der Waals surface area (Å²) in [4.78, 5) is 11.5. The molecule has 0 aliphatic rings. The van der Waals surface area contributed by atoms with Crippen molar-refractivity contribution in [3.63, 3.8) is 0 Å². The summed E-state index contributed by atoms with van der Waals surface area (Å²) in [7, 11) is 0. The molecule has 0 bridgehead atoms. The normalized spacial score (nSPS) is 12.9. The lowest BCUT2D eigenvalue weighted by Crippen LogP contribution is -2.35. The maximum absolute atomic E-state index is 13.0. The molecule has 1 aromatic rings. The fraction of sp³-hybridized carbons (Fsp3) is 0.250. The Kier molecular flexibility index (Phi) is 4.66. The lowest BCUT2D eigenvalue weighted by atomic mass is 10.1. The zero-order valence-corrected chi connectivity index (χ0v) is 9.80. The Balaban J connectivity index is 2.92. The fourth-order valence-corrected chi connectivity index (χ4v) is 1.34. The number of amides is 1. The molecule has 1 aromatic carbocycles. The molecule has 7 heteroatoms. The number of anilines is 1. The van der Waals surface area contributed by atoms with Crippen molar-refractivity contribution < 1.29 is 22.4 Å². The van der Waals surface area contributed by atoms with Crippen LogP contribution in [-0.4, -0.2) is 11.9 Å². The minimum atomic E-state index is -4.83. The number of nitrogens with two attached hydrogens (primary N) is 1. The molecule has 1 atom stereocenters. The molecule has 1 unspecified atom stereocenters. The fourth-order valence-electron chi connectivity index (χ4n) is 1.34. The average molecular weight is 276 g/mol. The van der Waals surface area contributed by atoms with Crippen molar-refractivity contribution in [2.45, 2.75) is 18.6 Å². The number of rotatable bonds is 4. The lowest BCUT2D eigenvalue weighted by Gasteiger charge is -2.13. The van der Waals surface area contributed by atoms with E-state index in [1.165, 1.54) is 6.08 Å². The maximum Gasteiger partial charge on any atom is 0.419 e. The van der Waals surface area contributed by atoms with Crippen LogP contribution >= 0.6 is 0 Å². The SMILES string of the molecule is C=CCC(N)C(=O)Nc1ccc(F)c(C(F)(F)F)c1. The van der Waals surface area contributed by atoms with E-state index in [-0.39, 0.29) is 12.1 Å². The predicted molar refractivity (Wildman–Crippen MR) is 62.8 cm³/mol. The number of hydrogen-bond acceptors (Lipinski definition) is 2. The van der Waals surface area contributed by atoms with E-state index in [4.69, 9.17) is 5.73 Å². The summed E-state index contributed by atoms with van der Waals surface area (Å²) < 4.78 is 50.4. The topological polar surface area (TPSA) is 55.1 Å². The number of carbonyl (C=O) groups is 1. The summed E-state index contributed by atoms with van der Waals surface area (Å²) in [5.41, 5.74) is 3.84. The van der Waals surface area contributed by atoms with E-state index >= 15 is 0 Å². The second-order valence-corrected chi connectivity index (χ2v) is 3.81. The molecule has 1 rings (SSSR count). The summed E-state index contributed by atoms with van der Waals surface area (Å²) in [6, 6.07) is 1.27. The number of alkyl halides is 3. The first kappa shape index (κ1) is 15.2. The van der Waals surface area contributed by atoms with Gasteiger partial charge in [-0.15, -0.1) is 6.58 Å². The van der Waals surface area contributed by atoms with Gasteiger partial charge >= 0.3 is 6.18 Å². The summed E-state index contributed by atoms with van der Waals surface area (Å²) >= 11 is 0. The Bertz CT molecular complexity index is 485. The van der Waals surface area contributed by atoms with Crippen molar-refractivity contribution >= 4 is 11.6 Å². The Morgan fingerprint density at radius 1 is 1.47 bits per heavy atom. The van der Waals surface area contributed by atoms with Crippen molar-refractivity contribution in [3.8, 4) is 0 Å². The van der Waals surface area contributed by atoms with E-state index in [2.05, 4.69) is 11.9 Å². The third kappa shape index (κ3) is 4.06. The molecule has 3 N–H and O–H groups in total. The molecule has 0 aromatic heterocycles. The van der Waals surface area contributed by atoms with E-state index in [0.29, 0.717) is 12.1 Å². The van der Waals surface area contributed by atoms with Crippen molar-refractivity contribution in [2.75, 3.05) is 5.32 Å². The summed E-state index contributed by atoms with van der Waals surface area (Å²) in [5.74, 6) is -2.07. The molecular formula is C12H12F4N2O. The van der Waals surface area contributed by atoms with Crippen LogP contribution in [0.25, 0.3) is 0 Å². The van der Waals surface area contributed by atoms with Crippen LogP contribution in [0.4, 0.5) is 23.2 Å². The van der Waals surface area contributed by atoms with Gasteiger partial charge in [-0.2, -0.15) is 13.2 Å². The van der Waals surface area contributed by atoms with Crippen LogP contribution in [-0.2, 0) is 11.0 Å². The molecule has 1 amide bonds. The molecule has 0 saturated heterocycles. The predicted octanol–water partition coefficient (Wildman–Crippen LogP) is 2.69. The monoisotopic (exact) mass is 276 g/mol. The van der Waals surface area contributed by atoms with E-state index in [1.807, 2.05) is 0 Å². The van der Waals surface area contributed by atoms with Crippen molar-refractivity contribution in [1.29, 1.82) is 0 Å². The highest BCUT2D eigenvalue weighted by atomic mass is 19.4.